The van der Waals surface area contributed by atoms with Crippen molar-refractivity contribution in [3.05, 3.63) is 197 Å². The molecule has 7 aromatic carbocycles. The number of hydrogen-bond acceptors (Lipinski definition) is 0. The fourth-order valence-electron chi connectivity index (χ4n) is 9.21. The smallest absolute Gasteiger partial charge is 0.0629 e. The minimum atomic E-state index is -1.90. The molecule has 3 heteroatoms. The van der Waals surface area contributed by atoms with Crippen LogP contribution < -0.4 is 48.2 Å². The molecule has 0 atom stereocenters. The summed E-state index contributed by atoms with van der Waals surface area (Å²) < 4.78 is 0. The van der Waals surface area contributed by atoms with Gasteiger partial charge in [0.25, 0.3) is 0 Å². The Kier molecular flexibility index (Phi) is 10.7. The highest BCUT2D eigenvalue weighted by molar-refractivity contribution is 7.95. The molecular weight excluding hydrogens is 685 g/mol. The first kappa shape index (κ1) is 37.8. The lowest BCUT2D eigenvalue weighted by Gasteiger charge is -2.30. The highest BCUT2D eigenvalue weighted by Gasteiger charge is 2.43. The van der Waals surface area contributed by atoms with Crippen LogP contribution in [0.2, 0.25) is 0 Å². The van der Waals surface area contributed by atoms with Gasteiger partial charge in [0.1, 0.15) is 46.4 Å². The van der Waals surface area contributed by atoms with Gasteiger partial charge < -0.3 is 0 Å². The van der Waals surface area contributed by atoms with Gasteiger partial charge in [-0.3, -0.25) is 0 Å². The zero-order valence-corrected chi connectivity index (χ0v) is 35.3. The molecule has 268 valence electrons. The van der Waals surface area contributed by atoms with Crippen molar-refractivity contribution < 1.29 is 0 Å². The average molecular weight is 739 g/mol. The van der Waals surface area contributed by atoms with E-state index in [1.165, 1.54) is 87.2 Å². The molecule has 0 saturated heterocycles. The van der Waals surface area contributed by atoms with E-state index in [-0.39, 0.29) is 6.71 Å². The molecule has 7 rings (SSSR count). The summed E-state index contributed by atoms with van der Waals surface area (Å²) in [6, 6.07) is 59.7. The predicted octanol–water partition coefficient (Wildman–Crippen LogP) is 8.21. The maximum atomic E-state index is 2.54. The Labute approximate surface area is 326 Å². The van der Waals surface area contributed by atoms with Gasteiger partial charge in [0.05, 0.1) is 13.3 Å². The number of rotatable bonds is 9. The minimum Gasteiger partial charge on any atom is -0.0629 e. The molecule has 7 aromatic rings. The molecule has 0 amide bonds. The van der Waals surface area contributed by atoms with Gasteiger partial charge in [-0.1, -0.05) is 140 Å². The van der Waals surface area contributed by atoms with Crippen LogP contribution in [-0.4, -0.2) is 20.0 Å². The second-order valence-corrected chi connectivity index (χ2v) is 22.7. The Balaban J connectivity index is 1.47. The summed E-state index contributed by atoms with van der Waals surface area (Å²) in [4.78, 5) is 0. The van der Waals surface area contributed by atoms with Gasteiger partial charge in [-0.2, -0.15) is 0 Å². The Morgan fingerprint density at radius 1 is 0.296 bits per heavy atom. The van der Waals surface area contributed by atoms with E-state index in [2.05, 4.69) is 220 Å². The van der Waals surface area contributed by atoms with E-state index in [4.69, 9.17) is 0 Å². The Hall–Kier alpha value is -4.54. The fourth-order valence-corrected chi connectivity index (χ4v) is 15.9. The normalized spacial score (nSPS) is 11.8. The van der Waals surface area contributed by atoms with Gasteiger partial charge in [-0.15, -0.1) is 0 Å². The van der Waals surface area contributed by atoms with Crippen molar-refractivity contribution >= 4 is 69.5 Å². The maximum absolute atomic E-state index is 2.54. The van der Waals surface area contributed by atoms with Crippen LogP contribution in [0.15, 0.2) is 158 Å². The number of hydrogen-bond donors (Lipinski definition) is 0. The van der Waals surface area contributed by atoms with E-state index >= 15 is 0 Å². The quantitative estimate of drug-likeness (QED) is 0.104. The molecular formula is C51H53BP2+2. The molecule has 0 fully saturated rings. The van der Waals surface area contributed by atoms with Crippen LogP contribution in [0.3, 0.4) is 0 Å². The minimum absolute atomic E-state index is 0.102. The molecule has 0 nitrogen and oxygen atoms in total. The maximum Gasteiger partial charge on any atom is 0.243 e. The van der Waals surface area contributed by atoms with Gasteiger partial charge in [0.2, 0.25) is 6.71 Å². The molecule has 0 aromatic heterocycles. The van der Waals surface area contributed by atoms with Gasteiger partial charge in [0.15, 0.2) is 0 Å². The van der Waals surface area contributed by atoms with E-state index in [0.717, 1.165) is 0 Å². The largest absolute Gasteiger partial charge is 0.243 e. The van der Waals surface area contributed by atoms with E-state index in [0.29, 0.717) is 0 Å². The highest BCUT2D eigenvalue weighted by atomic mass is 31.2. The van der Waals surface area contributed by atoms with Crippen LogP contribution in [0.1, 0.15) is 38.9 Å². The molecule has 0 unspecified atom stereocenters. The number of benzene rings is 7. The molecule has 0 spiro atoms. The first-order valence-electron chi connectivity index (χ1n) is 19.2. The molecule has 0 aliphatic rings. The molecule has 0 heterocycles. The average Bonchev–Trinajstić information content (AvgIpc) is 3.17. The van der Waals surface area contributed by atoms with Crippen LogP contribution in [0.25, 0.3) is 0 Å². The second-order valence-electron chi connectivity index (χ2n) is 15.6. The molecule has 54 heavy (non-hydrogen) atoms. The van der Waals surface area contributed by atoms with Crippen LogP contribution in [-0.2, 0) is 0 Å². The second kappa shape index (κ2) is 15.3. The zero-order chi connectivity index (χ0) is 38.2. The Morgan fingerprint density at radius 2 is 0.519 bits per heavy atom. The summed E-state index contributed by atoms with van der Waals surface area (Å²) in [5.74, 6) is 0. The molecule has 0 aliphatic carbocycles. The predicted molar refractivity (Wildman–Crippen MR) is 246 cm³/mol. The number of aryl methyl sites for hydroxylation is 7. The molecule has 0 bridgehead atoms. The van der Waals surface area contributed by atoms with Crippen LogP contribution in [0.4, 0.5) is 0 Å². The third kappa shape index (κ3) is 6.72. The lowest BCUT2D eigenvalue weighted by Crippen LogP contribution is -2.58. The lowest BCUT2D eigenvalue weighted by molar-refractivity contribution is 1.35. The molecule has 0 aliphatic heterocycles. The SMILES string of the molecule is Cc1cc(C)c(B(c2c(C)cc([P+](C)(c3ccccc3)c3ccccc3)cc2C)c2c(C)cc([P+](C)(c3ccccc3)c3ccccc3)cc2C)c(C)c1. The summed E-state index contributed by atoms with van der Waals surface area (Å²) in [5.41, 5.74) is 13.8. The van der Waals surface area contributed by atoms with Crippen molar-refractivity contribution in [2.75, 3.05) is 13.3 Å². The van der Waals surface area contributed by atoms with Crippen molar-refractivity contribution in [1.82, 2.24) is 0 Å². The summed E-state index contributed by atoms with van der Waals surface area (Å²) in [5, 5.41) is 8.52. The Bertz CT molecular complexity index is 2130. The third-order valence-corrected chi connectivity index (χ3v) is 19.8. The van der Waals surface area contributed by atoms with Gasteiger partial charge >= 0.3 is 0 Å². The highest BCUT2D eigenvalue weighted by Crippen LogP contribution is 2.52. The topological polar surface area (TPSA) is 0 Å². The van der Waals surface area contributed by atoms with Crippen molar-refractivity contribution in [3.8, 4) is 0 Å². The van der Waals surface area contributed by atoms with Gasteiger partial charge in [0, 0.05) is 0 Å². The summed E-state index contributed by atoms with van der Waals surface area (Å²) in [6.07, 6.45) is 0. The van der Waals surface area contributed by atoms with Crippen molar-refractivity contribution in [3.63, 3.8) is 0 Å². The van der Waals surface area contributed by atoms with Gasteiger partial charge in [-0.25, -0.2) is 0 Å². The van der Waals surface area contributed by atoms with E-state index in [1.807, 2.05) is 0 Å². The standard InChI is InChI=1S/C51H53BP2/c1-36-30-37(2)49(38(3)31-36)52(50-39(4)32-47(33-40(50)5)53(8,43-22-14-10-15-23-43)44-24-16-11-17-25-44)51-41(6)34-48(35-42(51)7)54(9,45-26-18-12-19-27-45)46-28-20-13-21-29-46/h10-35H,1-9H3/q+2. The fraction of sp³-hybridized carbons (Fsp3) is 0.176. The van der Waals surface area contributed by atoms with Crippen LogP contribution >= 0.6 is 14.5 Å². The molecule has 0 radical (unpaired) electrons. The third-order valence-electron chi connectivity index (χ3n) is 11.9. The van der Waals surface area contributed by atoms with Crippen molar-refractivity contribution in [2.45, 2.75) is 48.5 Å². The first-order valence-corrected chi connectivity index (χ1v) is 23.7. The first-order chi connectivity index (χ1) is 25.9. The molecule has 0 N–H and O–H groups in total. The van der Waals surface area contributed by atoms with Crippen molar-refractivity contribution in [1.29, 1.82) is 0 Å². The van der Waals surface area contributed by atoms with Gasteiger partial charge in [-0.05, 0) is 121 Å². The van der Waals surface area contributed by atoms with Crippen LogP contribution in [0, 0.1) is 48.5 Å². The van der Waals surface area contributed by atoms with E-state index in [9.17, 15) is 0 Å². The monoisotopic (exact) mass is 738 g/mol. The van der Waals surface area contributed by atoms with Crippen LogP contribution in [0.5, 0.6) is 0 Å². The van der Waals surface area contributed by atoms with E-state index < -0.39 is 14.5 Å². The van der Waals surface area contributed by atoms with E-state index in [1.54, 1.807) is 0 Å². The Morgan fingerprint density at radius 3 is 0.759 bits per heavy atom. The molecule has 0 saturated carbocycles. The van der Waals surface area contributed by atoms with Crippen molar-refractivity contribution in [2.24, 2.45) is 0 Å². The summed E-state index contributed by atoms with van der Waals surface area (Å²) >= 11 is 0. The summed E-state index contributed by atoms with van der Waals surface area (Å²) in [6.45, 7) is 21.4. The zero-order valence-electron chi connectivity index (χ0n) is 33.5. The summed E-state index contributed by atoms with van der Waals surface area (Å²) in [7, 11) is -3.80. The lowest BCUT2D eigenvalue weighted by atomic mass is 9.33.